The molecule has 0 amide bonds. The van der Waals surface area contributed by atoms with Crippen molar-refractivity contribution < 1.29 is 4.74 Å². The van der Waals surface area contributed by atoms with Gasteiger partial charge in [0.1, 0.15) is 5.75 Å². The third-order valence-corrected chi connectivity index (χ3v) is 2.41. The lowest BCUT2D eigenvalue weighted by Gasteiger charge is -2.05. The second kappa shape index (κ2) is 5.36. The molecule has 2 aromatic rings. The highest BCUT2D eigenvalue weighted by atomic mass is 16.5. The van der Waals surface area contributed by atoms with Gasteiger partial charge in [-0.2, -0.15) is 0 Å². The number of benzene rings is 2. The van der Waals surface area contributed by atoms with Crippen LogP contribution in [0.25, 0.3) is 0 Å². The molecule has 1 radical (unpaired) electrons. The third-order valence-electron chi connectivity index (χ3n) is 2.41. The Morgan fingerprint density at radius 1 is 1.06 bits per heavy atom. The zero-order valence-corrected chi connectivity index (χ0v) is 9.44. The Balaban J connectivity index is 2.05. The van der Waals surface area contributed by atoms with E-state index in [1.807, 2.05) is 37.3 Å². The number of rotatable bonds is 4. The molecule has 0 unspecified atom stereocenters. The summed E-state index contributed by atoms with van der Waals surface area (Å²) in [4.78, 5) is 0. The standard InChI is InChI=1S/C15H15O/c1-2-16-15-10-8-14(9-11-15)12-13-6-4-3-5-7-13/h3-4,6-11H,2,12H2,1H3. The van der Waals surface area contributed by atoms with E-state index in [1.54, 1.807) is 0 Å². The fourth-order valence-corrected chi connectivity index (χ4v) is 1.65. The van der Waals surface area contributed by atoms with Crippen LogP contribution in [0.2, 0.25) is 0 Å². The van der Waals surface area contributed by atoms with Crippen molar-refractivity contribution >= 4 is 0 Å². The normalized spacial score (nSPS) is 10.1. The first-order chi connectivity index (χ1) is 7.88. The monoisotopic (exact) mass is 211 g/mol. The second-order valence-electron chi connectivity index (χ2n) is 3.67. The molecule has 0 saturated heterocycles. The highest BCUT2D eigenvalue weighted by molar-refractivity contribution is 5.31. The van der Waals surface area contributed by atoms with Crippen LogP contribution in [-0.4, -0.2) is 6.61 Å². The summed E-state index contributed by atoms with van der Waals surface area (Å²) in [5.41, 5.74) is 2.58. The first-order valence-electron chi connectivity index (χ1n) is 5.55. The molecule has 0 aromatic heterocycles. The van der Waals surface area contributed by atoms with Gasteiger partial charge in [-0.05, 0) is 42.7 Å². The summed E-state index contributed by atoms with van der Waals surface area (Å²) in [6.07, 6.45) is 0.948. The van der Waals surface area contributed by atoms with Crippen LogP contribution in [0.4, 0.5) is 0 Å². The number of hydrogen-bond acceptors (Lipinski definition) is 1. The van der Waals surface area contributed by atoms with Crippen molar-refractivity contribution in [3.63, 3.8) is 0 Å². The van der Waals surface area contributed by atoms with Crippen LogP contribution in [0.5, 0.6) is 5.75 Å². The molecule has 0 aliphatic rings. The summed E-state index contributed by atoms with van der Waals surface area (Å²) in [6.45, 7) is 2.71. The van der Waals surface area contributed by atoms with Gasteiger partial charge in [-0.3, -0.25) is 0 Å². The predicted molar refractivity (Wildman–Crippen MR) is 65.7 cm³/mol. The van der Waals surface area contributed by atoms with Gasteiger partial charge in [0.05, 0.1) is 6.61 Å². The first-order valence-corrected chi connectivity index (χ1v) is 5.55. The molecule has 81 valence electrons. The number of hydrogen-bond donors (Lipinski definition) is 0. The second-order valence-corrected chi connectivity index (χ2v) is 3.67. The Morgan fingerprint density at radius 3 is 2.50 bits per heavy atom. The fraction of sp³-hybridized carbons (Fsp3) is 0.200. The third kappa shape index (κ3) is 2.86. The van der Waals surface area contributed by atoms with Gasteiger partial charge in [0.15, 0.2) is 0 Å². The average Bonchev–Trinajstić information content (AvgIpc) is 2.33. The maximum Gasteiger partial charge on any atom is 0.119 e. The van der Waals surface area contributed by atoms with Crippen molar-refractivity contribution in [3.8, 4) is 5.75 Å². The molecule has 0 atom stereocenters. The van der Waals surface area contributed by atoms with E-state index in [4.69, 9.17) is 4.74 Å². The van der Waals surface area contributed by atoms with Crippen LogP contribution in [0.15, 0.2) is 48.5 Å². The molecule has 0 aliphatic heterocycles. The van der Waals surface area contributed by atoms with Crippen LogP contribution < -0.4 is 4.74 Å². The van der Waals surface area contributed by atoms with Crippen LogP contribution in [0.1, 0.15) is 18.1 Å². The minimum absolute atomic E-state index is 0.715. The molecular formula is C15H15O. The highest BCUT2D eigenvalue weighted by Crippen LogP contribution is 2.14. The van der Waals surface area contributed by atoms with Crippen molar-refractivity contribution in [2.24, 2.45) is 0 Å². The molecule has 0 N–H and O–H groups in total. The topological polar surface area (TPSA) is 9.23 Å². The Bertz CT molecular complexity index is 417. The molecule has 0 heterocycles. The minimum Gasteiger partial charge on any atom is -0.494 e. The average molecular weight is 211 g/mol. The summed E-state index contributed by atoms with van der Waals surface area (Å²) in [7, 11) is 0. The molecule has 0 spiro atoms. The van der Waals surface area contributed by atoms with E-state index in [1.165, 1.54) is 11.1 Å². The molecular weight excluding hydrogens is 196 g/mol. The molecule has 0 fully saturated rings. The van der Waals surface area contributed by atoms with Crippen LogP contribution in [0, 0.1) is 6.07 Å². The Kier molecular flexibility index (Phi) is 3.60. The van der Waals surface area contributed by atoms with E-state index in [9.17, 15) is 0 Å². The van der Waals surface area contributed by atoms with Gasteiger partial charge in [-0.15, -0.1) is 0 Å². The fourth-order valence-electron chi connectivity index (χ4n) is 1.65. The number of ether oxygens (including phenoxy) is 1. The molecule has 16 heavy (non-hydrogen) atoms. The quantitative estimate of drug-likeness (QED) is 0.752. The van der Waals surface area contributed by atoms with E-state index in [0.717, 1.165) is 12.2 Å². The van der Waals surface area contributed by atoms with Crippen LogP contribution in [0.3, 0.4) is 0 Å². The molecule has 1 heteroatoms. The maximum atomic E-state index is 5.40. The van der Waals surface area contributed by atoms with Gasteiger partial charge in [-0.25, -0.2) is 0 Å². The van der Waals surface area contributed by atoms with Crippen molar-refractivity contribution in [2.75, 3.05) is 6.61 Å². The maximum absolute atomic E-state index is 5.40. The van der Waals surface area contributed by atoms with Crippen molar-refractivity contribution in [3.05, 3.63) is 65.7 Å². The minimum atomic E-state index is 0.715. The van der Waals surface area contributed by atoms with Gasteiger partial charge < -0.3 is 4.74 Å². The van der Waals surface area contributed by atoms with Gasteiger partial charge >= 0.3 is 0 Å². The van der Waals surface area contributed by atoms with Gasteiger partial charge in [0.2, 0.25) is 0 Å². The largest absolute Gasteiger partial charge is 0.494 e. The highest BCUT2D eigenvalue weighted by Gasteiger charge is 1.96. The van der Waals surface area contributed by atoms with E-state index in [2.05, 4.69) is 24.3 Å². The zero-order valence-electron chi connectivity index (χ0n) is 9.44. The summed E-state index contributed by atoms with van der Waals surface area (Å²) < 4.78 is 5.40. The summed E-state index contributed by atoms with van der Waals surface area (Å²) in [6, 6.07) is 19.4. The van der Waals surface area contributed by atoms with Gasteiger partial charge in [-0.1, -0.05) is 36.4 Å². The molecule has 0 saturated carbocycles. The zero-order chi connectivity index (χ0) is 11.2. The van der Waals surface area contributed by atoms with Gasteiger partial charge in [0.25, 0.3) is 0 Å². The lowest BCUT2D eigenvalue weighted by atomic mass is 10.1. The summed E-state index contributed by atoms with van der Waals surface area (Å²) in [5.74, 6) is 0.936. The van der Waals surface area contributed by atoms with Crippen LogP contribution in [-0.2, 0) is 6.42 Å². The summed E-state index contributed by atoms with van der Waals surface area (Å²) >= 11 is 0. The van der Waals surface area contributed by atoms with Gasteiger partial charge in [0, 0.05) is 0 Å². The van der Waals surface area contributed by atoms with E-state index in [-0.39, 0.29) is 0 Å². The first kappa shape index (κ1) is 10.7. The van der Waals surface area contributed by atoms with Crippen LogP contribution >= 0.6 is 0 Å². The Hall–Kier alpha value is -1.76. The Morgan fingerprint density at radius 2 is 1.88 bits per heavy atom. The lowest BCUT2D eigenvalue weighted by molar-refractivity contribution is 0.340. The van der Waals surface area contributed by atoms with E-state index in [0.29, 0.717) is 6.61 Å². The lowest BCUT2D eigenvalue weighted by Crippen LogP contribution is -1.92. The van der Waals surface area contributed by atoms with Crippen molar-refractivity contribution in [1.29, 1.82) is 0 Å². The SMILES string of the molecule is CCOc1ccc(Cc2c[c]ccc2)cc1. The van der Waals surface area contributed by atoms with E-state index >= 15 is 0 Å². The molecule has 0 aliphatic carbocycles. The predicted octanol–water partition coefficient (Wildman–Crippen LogP) is 3.48. The molecule has 1 nitrogen and oxygen atoms in total. The van der Waals surface area contributed by atoms with Crippen molar-refractivity contribution in [1.82, 2.24) is 0 Å². The smallest absolute Gasteiger partial charge is 0.119 e. The Labute approximate surface area is 96.7 Å². The molecule has 2 rings (SSSR count). The molecule has 0 bridgehead atoms. The summed E-state index contributed by atoms with van der Waals surface area (Å²) in [5, 5.41) is 0. The van der Waals surface area contributed by atoms with E-state index < -0.39 is 0 Å². The molecule has 2 aromatic carbocycles. The van der Waals surface area contributed by atoms with Crippen molar-refractivity contribution in [2.45, 2.75) is 13.3 Å².